The molecule has 1 aliphatic heterocycles. The summed E-state index contributed by atoms with van der Waals surface area (Å²) in [7, 11) is 7.70. The van der Waals surface area contributed by atoms with Crippen molar-refractivity contribution >= 4 is 17.4 Å². The summed E-state index contributed by atoms with van der Waals surface area (Å²) in [5.74, 6) is 0. The number of nitrogens with zero attached hydrogens (tertiary/aromatic N) is 3. The second-order valence-corrected chi connectivity index (χ2v) is 6.03. The maximum absolute atomic E-state index is 11.9. The Morgan fingerprint density at radius 2 is 1.86 bits per heavy atom. The van der Waals surface area contributed by atoms with Gasteiger partial charge in [0.15, 0.2) is 0 Å². The largest absolute Gasteiger partial charge is 0.382 e. The standard InChI is InChI=1S/C16H26N4O/c1-18(2)15-7-5-6-14(12-15)17-13-8-10-20(11-9-13)16(21)19(3)4/h5-7,12-13,17H,8-11H2,1-4H3. The number of hydrogen-bond donors (Lipinski definition) is 1. The number of carbonyl (C=O) groups excluding carboxylic acids is 1. The zero-order chi connectivity index (χ0) is 15.4. The summed E-state index contributed by atoms with van der Waals surface area (Å²) in [4.78, 5) is 17.6. The number of carbonyl (C=O) groups is 1. The quantitative estimate of drug-likeness (QED) is 0.928. The van der Waals surface area contributed by atoms with Gasteiger partial charge in [-0.2, -0.15) is 0 Å². The fourth-order valence-corrected chi connectivity index (χ4v) is 2.61. The van der Waals surface area contributed by atoms with Gasteiger partial charge in [-0.3, -0.25) is 0 Å². The Morgan fingerprint density at radius 3 is 2.43 bits per heavy atom. The van der Waals surface area contributed by atoms with Gasteiger partial charge in [-0.15, -0.1) is 0 Å². The van der Waals surface area contributed by atoms with Crippen molar-refractivity contribution in [1.82, 2.24) is 9.80 Å². The Kier molecular flexibility index (Phi) is 4.94. The van der Waals surface area contributed by atoms with E-state index in [9.17, 15) is 4.79 Å². The molecule has 5 heteroatoms. The number of likely N-dealkylation sites (tertiary alicyclic amines) is 1. The molecule has 5 nitrogen and oxygen atoms in total. The molecular weight excluding hydrogens is 264 g/mol. The second kappa shape index (κ2) is 6.70. The Morgan fingerprint density at radius 1 is 1.19 bits per heavy atom. The smallest absolute Gasteiger partial charge is 0.319 e. The Bertz CT molecular complexity index is 479. The van der Waals surface area contributed by atoms with E-state index in [1.165, 1.54) is 5.69 Å². The predicted molar refractivity (Wildman–Crippen MR) is 88.1 cm³/mol. The van der Waals surface area contributed by atoms with E-state index < -0.39 is 0 Å². The van der Waals surface area contributed by atoms with Crippen LogP contribution in [0, 0.1) is 0 Å². The normalized spacial score (nSPS) is 15.7. The van der Waals surface area contributed by atoms with E-state index in [1.807, 2.05) is 19.0 Å². The number of hydrogen-bond acceptors (Lipinski definition) is 3. The van der Waals surface area contributed by atoms with Crippen LogP contribution in [0.2, 0.25) is 0 Å². The molecule has 1 heterocycles. The minimum atomic E-state index is 0.114. The van der Waals surface area contributed by atoms with Gasteiger partial charge in [0.2, 0.25) is 0 Å². The van der Waals surface area contributed by atoms with Crippen molar-refractivity contribution in [2.45, 2.75) is 18.9 Å². The van der Waals surface area contributed by atoms with Crippen LogP contribution in [-0.4, -0.2) is 63.2 Å². The number of benzene rings is 1. The molecular formula is C16H26N4O. The third-order valence-electron chi connectivity index (χ3n) is 3.88. The molecule has 0 radical (unpaired) electrons. The number of amides is 2. The third kappa shape index (κ3) is 4.03. The Labute approximate surface area is 127 Å². The summed E-state index contributed by atoms with van der Waals surface area (Å²) in [6.45, 7) is 1.64. The van der Waals surface area contributed by atoms with Crippen LogP contribution in [0.25, 0.3) is 0 Å². The van der Waals surface area contributed by atoms with E-state index in [1.54, 1.807) is 19.0 Å². The van der Waals surface area contributed by atoms with Crippen LogP contribution in [-0.2, 0) is 0 Å². The van der Waals surface area contributed by atoms with Crippen molar-refractivity contribution in [1.29, 1.82) is 0 Å². The van der Waals surface area contributed by atoms with Crippen molar-refractivity contribution in [2.24, 2.45) is 0 Å². The van der Waals surface area contributed by atoms with Gasteiger partial charge in [0, 0.05) is 58.7 Å². The number of nitrogens with one attached hydrogen (secondary N) is 1. The average Bonchev–Trinajstić information content (AvgIpc) is 2.47. The summed E-state index contributed by atoms with van der Waals surface area (Å²) < 4.78 is 0. The fourth-order valence-electron chi connectivity index (χ4n) is 2.61. The number of urea groups is 1. The molecule has 116 valence electrons. The van der Waals surface area contributed by atoms with Crippen molar-refractivity contribution in [3.63, 3.8) is 0 Å². The van der Waals surface area contributed by atoms with Gasteiger partial charge in [0.05, 0.1) is 0 Å². The van der Waals surface area contributed by atoms with Crippen LogP contribution < -0.4 is 10.2 Å². The minimum Gasteiger partial charge on any atom is -0.382 e. The van der Waals surface area contributed by atoms with Crippen LogP contribution in [0.1, 0.15) is 12.8 Å². The van der Waals surface area contributed by atoms with E-state index in [-0.39, 0.29) is 6.03 Å². The van der Waals surface area contributed by atoms with Crippen LogP contribution in [0.5, 0.6) is 0 Å². The molecule has 0 unspecified atom stereocenters. The lowest BCUT2D eigenvalue weighted by Gasteiger charge is -2.34. The molecule has 0 atom stereocenters. The van der Waals surface area contributed by atoms with Crippen molar-refractivity contribution in [2.75, 3.05) is 51.5 Å². The highest BCUT2D eigenvalue weighted by molar-refractivity contribution is 5.73. The van der Waals surface area contributed by atoms with E-state index in [4.69, 9.17) is 0 Å². The second-order valence-electron chi connectivity index (χ2n) is 6.03. The zero-order valence-electron chi connectivity index (χ0n) is 13.5. The molecule has 0 spiro atoms. The summed E-state index contributed by atoms with van der Waals surface area (Å²) in [6.07, 6.45) is 1.98. The lowest BCUT2D eigenvalue weighted by atomic mass is 10.0. The first-order valence-electron chi connectivity index (χ1n) is 7.47. The summed E-state index contributed by atoms with van der Waals surface area (Å²) in [6, 6.07) is 8.99. The third-order valence-corrected chi connectivity index (χ3v) is 3.88. The highest BCUT2D eigenvalue weighted by Gasteiger charge is 2.23. The average molecular weight is 290 g/mol. The lowest BCUT2D eigenvalue weighted by molar-refractivity contribution is 0.158. The highest BCUT2D eigenvalue weighted by Crippen LogP contribution is 2.21. The van der Waals surface area contributed by atoms with Crippen LogP contribution in [0.3, 0.4) is 0 Å². The molecule has 2 rings (SSSR count). The molecule has 1 N–H and O–H groups in total. The Hall–Kier alpha value is -1.91. The maximum Gasteiger partial charge on any atom is 0.319 e. The zero-order valence-corrected chi connectivity index (χ0v) is 13.5. The van der Waals surface area contributed by atoms with Gasteiger partial charge in [-0.1, -0.05) is 6.07 Å². The van der Waals surface area contributed by atoms with Crippen molar-refractivity contribution in [3.05, 3.63) is 24.3 Å². The topological polar surface area (TPSA) is 38.8 Å². The highest BCUT2D eigenvalue weighted by atomic mass is 16.2. The molecule has 1 aliphatic rings. The molecule has 1 aromatic rings. The Balaban J connectivity index is 1.89. The van der Waals surface area contributed by atoms with Crippen molar-refractivity contribution < 1.29 is 4.79 Å². The number of piperidine rings is 1. The van der Waals surface area contributed by atoms with Crippen LogP contribution in [0.4, 0.5) is 16.2 Å². The van der Waals surface area contributed by atoms with Gasteiger partial charge in [0.1, 0.15) is 0 Å². The summed E-state index contributed by atoms with van der Waals surface area (Å²) in [5, 5.41) is 3.59. The van der Waals surface area contributed by atoms with Gasteiger partial charge in [-0.05, 0) is 31.0 Å². The van der Waals surface area contributed by atoms with Gasteiger partial charge in [0.25, 0.3) is 0 Å². The van der Waals surface area contributed by atoms with E-state index in [2.05, 4.69) is 34.5 Å². The van der Waals surface area contributed by atoms with Gasteiger partial charge >= 0.3 is 6.03 Å². The molecule has 21 heavy (non-hydrogen) atoms. The molecule has 1 fully saturated rings. The summed E-state index contributed by atoms with van der Waals surface area (Å²) in [5.41, 5.74) is 2.35. The fraction of sp³-hybridized carbons (Fsp3) is 0.562. The number of rotatable bonds is 3. The molecule has 0 bridgehead atoms. The van der Waals surface area contributed by atoms with E-state index >= 15 is 0 Å². The van der Waals surface area contributed by atoms with Gasteiger partial charge < -0.3 is 20.0 Å². The molecule has 1 aromatic carbocycles. The van der Waals surface area contributed by atoms with Crippen molar-refractivity contribution in [3.8, 4) is 0 Å². The molecule has 0 aliphatic carbocycles. The predicted octanol–water partition coefficient (Wildman–Crippen LogP) is 2.31. The van der Waals surface area contributed by atoms with Gasteiger partial charge in [-0.25, -0.2) is 4.79 Å². The van der Waals surface area contributed by atoms with Crippen LogP contribution in [0.15, 0.2) is 24.3 Å². The summed E-state index contributed by atoms with van der Waals surface area (Å²) >= 11 is 0. The monoisotopic (exact) mass is 290 g/mol. The number of anilines is 2. The van der Waals surface area contributed by atoms with E-state index in [0.29, 0.717) is 6.04 Å². The molecule has 0 saturated carbocycles. The lowest BCUT2D eigenvalue weighted by Crippen LogP contribution is -2.46. The minimum absolute atomic E-state index is 0.114. The maximum atomic E-state index is 11.9. The first-order chi connectivity index (χ1) is 9.97. The van der Waals surface area contributed by atoms with Crippen LogP contribution >= 0.6 is 0 Å². The molecule has 0 aromatic heterocycles. The molecule has 2 amide bonds. The SMILES string of the molecule is CN(C)C(=O)N1CCC(Nc2cccc(N(C)C)c2)CC1. The first-order valence-corrected chi connectivity index (χ1v) is 7.47. The first kappa shape index (κ1) is 15.5. The van der Waals surface area contributed by atoms with E-state index in [0.717, 1.165) is 31.6 Å². The molecule has 1 saturated heterocycles.